The molecule has 0 aliphatic heterocycles. The van der Waals surface area contributed by atoms with Crippen LogP contribution in [0.2, 0.25) is 0 Å². The van der Waals surface area contributed by atoms with Crippen molar-refractivity contribution in [3.63, 3.8) is 0 Å². The second kappa shape index (κ2) is 18.6. The summed E-state index contributed by atoms with van der Waals surface area (Å²) in [5.74, 6) is -2.11. The van der Waals surface area contributed by atoms with Crippen molar-refractivity contribution < 1.29 is 34.2 Å². The SMILES string of the molecule is CC(C)C[C@H](N)C(=O)O.CC(N)=O.C[N+](C)(C)CCO.NCC(=O)[O-]. The normalized spacial score (nSPS) is 10.8. The van der Waals surface area contributed by atoms with Crippen molar-refractivity contribution >= 4 is 17.8 Å². The third-order valence-corrected chi connectivity index (χ3v) is 1.98. The fourth-order valence-corrected chi connectivity index (χ4v) is 0.909. The summed E-state index contributed by atoms with van der Waals surface area (Å²) in [6.45, 7) is 5.93. The summed E-state index contributed by atoms with van der Waals surface area (Å²) >= 11 is 0. The zero-order valence-electron chi connectivity index (χ0n) is 16.2. The van der Waals surface area contributed by atoms with Crippen molar-refractivity contribution in [2.24, 2.45) is 23.1 Å². The van der Waals surface area contributed by atoms with Gasteiger partial charge in [0, 0.05) is 13.5 Å². The molecule has 152 valence electrons. The van der Waals surface area contributed by atoms with Crippen molar-refractivity contribution in [1.29, 1.82) is 0 Å². The minimum absolute atomic E-state index is 0.281. The number of carboxylic acids is 2. The summed E-state index contributed by atoms with van der Waals surface area (Å²) in [6.07, 6.45) is 0.551. The van der Waals surface area contributed by atoms with Gasteiger partial charge in [0.15, 0.2) is 0 Å². The number of amides is 1. The van der Waals surface area contributed by atoms with Gasteiger partial charge in [0.1, 0.15) is 12.6 Å². The highest BCUT2D eigenvalue weighted by molar-refractivity contribution is 5.73. The molecule has 0 unspecified atom stereocenters. The maximum atomic E-state index is 10.1. The van der Waals surface area contributed by atoms with Gasteiger partial charge in [-0.25, -0.2) is 0 Å². The van der Waals surface area contributed by atoms with Crippen LogP contribution in [-0.4, -0.2) is 79.4 Å². The molecule has 0 bridgehead atoms. The highest BCUT2D eigenvalue weighted by Gasteiger charge is 2.11. The minimum Gasteiger partial charge on any atom is -0.549 e. The first-order valence-electron chi connectivity index (χ1n) is 7.66. The van der Waals surface area contributed by atoms with E-state index in [1.807, 2.05) is 13.8 Å². The summed E-state index contributed by atoms with van der Waals surface area (Å²) in [5.41, 5.74) is 14.2. The molecule has 0 radical (unpaired) electrons. The zero-order chi connectivity index (χ0) is 21.2. The molecule has 0 saturated carbocycles. The molecule has 1 atom stereocenters. The van der Waals surface area contributed by atoms with E-state index in [9.17, 15) is 9.59 Å². The number of aliphatic hydroxyl groups excluding tert-OH is 1. The fraction of sp³-hybridized carbons (Fsp3) is 0.800. The molecule has 0 spiro atoms. The average Bonchev–Trinajstić information content (AvgIpc) is 2.37. The fourth-order valence-electron chi connectivity index (χ4n) is 0.909. The smallest absolute Gasteiger partial charge is 0.320 e. The van der Waals surface area contributed by atoms with Crippen LogP contribution in [0.1, 0.15) is 27.2 Å². The molecule has 0 aliphatic rings. The molecule has 8 N–H and O–H groups in total. The average molecular weight is 368 g/mol. The zero-order valence-corrected chi connectivity index (χ0v) is 16.2. The van der Waals surface area contributed by atoms with Crippen molar-refractivity contribution in [1.82, 2.24) is 0 Å². The van der Waals surface area contributed by atoms with Crippen LogP contribution in [0.5, 0.6) is 0 Å². The highest BCUT2D eigenvalue weighted by Crippen LogP contribution is 2.01. The van der Waals surface area contributed by atoms with Gasteiger partial charge in [0.2, 0.25) is 5.91 Å². The number of likely N-dealkylation sites (N-methyl/N-ethyl adjacent to an activating group) is 1. The van der Waals surface area contributed by atoms with Crippen molar-refractivity contribution in [2.45, 2.75) is 33.2 Å². The Balaban J connectivity index is -0.000000123. The Morgan fingerprint density at radius 1 is 1.16 bits per heavy atom. The third kappa shape index (κ3) is 60.8. The number of quaternary nitrogens is 1. The van der Waals surface area contributed by atoms with Crippen LogP contribution >= 0.6 is 0 Å². The van der Waals surface area contributed by atoms with E-state index in [-0.39, 0.29) is 19.1 Å². The van der Waals surface area contributed by atoms with Crippen LogP contribution < -0.4 is 22.3 Å². The molecule has 10 heteroatoms. The Hall–Kier alpha value is -1.75. The molecule has 0 aromatic heterocycles. The molecule has 1 amide bonds. The number of nitrogens with zero attached hydrogens (tertiary/aromatic N) is 1. The van der Waals surface area contributed by atoms with E-state index >= 15 is 0 Å². The minimum atomic E-state index is -1.22. The van der Waals surface area contributed by atoms with Crippen LogP contribution in [0.25, 0.3) is 0 Å². The predicted molar refractivity (Wildman–Crippen MR) is 94.0 cm³/mol. The Labute approximate surface area is 150 Å². The quantitative estimate of drug-likeness (QED) is 0.313. The molecule has 25 heavy (non-hydrogen) atoms. The number of primary amides is 1. The van der Waals surface area contributed by atoms with E-state index in [4.69, 9.17) is 25.8 Å². The molecular weight excluding hydrogens is 332 g/mol. The lowest BCUT2D eigenvalue weighted by molar-refractivity contribution is -0.870. The first kappa shape index (κ1) is 31.1. The topological polar surface area (TPSA) is 193 Å². The van der Waals surface area contributed by atoms with Gasteiger partial charge in [0.25, 0.3) is 0 Å². The Bertz CT molecular complexity index is 352. The third-order valence-electron chi connectivity index (χ3n) is 1.98. The van der Waals surface area contributed by atoms with E-state index in [1.165, 1.54) is 6.92 Å². The Morgan fingerprint density at radius 3 is 1.52 bits per heavy atom. The predicted octanol–water partition coefficient (Wildman–Crippen LogP) is -2.68. The van der Waals surface area contributed by atoms with Gasteiger partial charge in [0.05, 0.1) is 33.7 Å². The summed E-state index contributed by atoms with van der Waals surface area (Å²) < 4.78 is 0.844. The number of aliphatic carboxylic acids is 2. The molecule has 0 rings (SSSR count). The second-order valence-corrected chi connectivity index (χ2v) is 6.50. The van der Waals surface area contributed by atoms with E-state index in [0.29, 0.717) is 12.3 Å². The first-order chi connectivity index (χ1) is 11.1. The summed E-state index contributed by atoms with van der Waals surface area (Å²) in [4.78, 5) is 28.5. The molecule has 0 saturated heterocycles. The number of hydrogen-bond acceptors (Lipinski definition) is 7. The number of hydrogen-bond donors (Lipinski definition) is 5. The monoisotopic (exact) mass is 368 g/mol. The number of carboxylic acid groups (broad SMARTS) is 2. The van der Waals surface area contributed by atoms with Gasteiger partial charge in [-0.2, -0.15) is 0 Å². The van der Waals surface area contributed by atoms with Gasteiger partial charge >= 0.3 is 5.97 Å². The molecule has 10 nitrogen and oxygen atoms in total. The van der Waals surface area contributed by atoms with Crippen LogP contribution in [0, 0.1) is 5.92 Å². The lowest BCUT2D eigenvalue weighted by Gasteiger charge is -2.21. The number of carbonyl (C=O) groups is 3. The lowest BCUT2D eigenvalue weighted by Crippen LogP contribution is -2.36. The summed E-state index contributed by atoms with van der Waals surface area (Å²) in [7, 11) is 6.16. The highest BCUT2D eigenvalue weighted by atomic mass is 16.4. The summed E-state index contributed by atoms with van der Waals surface area (Å²) in [6, 6.07) is -0.690. The van der Waals surface area contributed by atoms with E-state index in [2.05, 4.69) is 32.6 Å². The molecule has 0 aromatic carbocycles. The maximum Gasteiger partial charge on any atom is 0.320 e. The standard InChI is InChI=1S/C6H13NO2.C5H14NO.C2H5NO2.C2H5NO/c1-4(2)3-5(7)6(8)9;1-6(2,3)4-5-7;3-1-2(4)5;1-2(3)4/h4-5H,3,7H2,1-2H3,(H,8,9);7H,4-5H2,1-3H3;1,3H2,(H,4,5);1H3,(H2,3,4)/q;+1;;/p-1/t5-;;;/m0.../s1. The van der Waals surface area contributed by atoms with Gasteiger partial charge in [-0.15, -0.1) is 0 Å². The molecule has 0 aromatic rings. The van der Waals surface area contributed by atoms with Crippen molar-refractivity contribution in [3.8, 4) is 0 Å². The Morgan fingerprint density at radius 2 is 1.48 bits per heavy atom. The molecular formula is C15H36N4O6. The largest absolute Gasteiger partial charge is 0.549 e. The van der Waals surface area contributed by atoms with Crippen LogP contribution in [0.3, 0.4) is 0 Å². The van der Waals surface area contributed by atoms with Gasteiger partial charge in [-0.3, -0.25) is 9.59 Å². The van der Waals surface area contributed by atoms with E-state index in [0.717, 1.165) is 11.0 Å². The Kier molecular flexibility index (Phi) is 23.1. The molecule has 0 aliphatic carbocycles. The van der Waals surface area contributed by atoms with Crippen LogP contribution in [0.4, 0.5) is 0 Å². The van der Waals surface area contributed by atoms with Gasteiger partial charge in [-0.1, -0.05) is 13.8 Å². The number of aliphatic hydroxyl groups is 1. The van der Waals surface area contributed by atoms with E-state index < -0.39 is 18.0 Å². The van der Waals surface area contributed by atoms with Crippen molar-refractivity contribution in [2.75, 3.05) is 40.8 Å². The van der Waals surface area contributed by atoms with Gasteiger partial charge < -0.3 is 41.8 Å². The van der Waals surface area contributed by atoms with Crippen LogP contribution in [-0.2, 0) is 14.4 Å². The molecule has 0 fully saturated rings. The maximum absolute atomic E-state index is 10.1. The number of nitrogens with two attached hydrogens (primary N) is 3. The first-order valence-corrected chi connectivity index (χ1v) is 7.66. The van der Waals surface area contributed by atoms with Gasteiger partial charge in [-0.05, 0) is 12.3 Å². The number of carbonyl (C=O) groups excluding carboxylic acids is 2. The second-order valence-electron chi connectivity index (χ2n) is 6.50. The van der Waals surface area contributed by atoms with E-state index in [1.54, 1.807) is 0 Å². The lowest BCUT2D eigenvalue weighted by atomic mass is 10.1. The van der Waals surface area contributed by atoms with Crippen molar-refractivity contribution in [3.05, 3.63) is 0 Å². The molecule has 0 heterocycles. The summed E-state index contributed by atoms with van der Waals surface area (Å²) in [5, 5.41) is 25.8. The number of rotatable bonds is 6. The van der Waals surface area contributed by atoms with Crippen LogP contribution in [0.15, 0.2) is 0 Å².